The number of rotatable bonds is 8. The van der Waals surface area contributed by atoms with E-state index in [1.807, 2.05) is 6.92 Å². The molecule has 0 aromatic heterocycles. The highest BCUT2D eigenvalue weighted by atomic mass is 16.5. The van der Waals surface area contributed by atoms with Crippen molar-refractivity contribution in [3.8, 4) is 6.07 Å². The lowest BCUT2D eigenvalue weighted by Crippen LogP contribution is -2.43. The van der Waals surface area contributed by atoms with E-state index in [2.05, 4.69) is 11.4 Å². The van der Waals surface area contributed by atoms with E-state index in [0.29, 0.717) is 25.9 Å². The van der Waals surface area contributed by atoms with Gasteiger partial charge >= 0.3 is 0 Å². The molecule has 0 heterocycles. The van der Waals surface area contributed by atoms with Crippen molar-refractivity contribution in [1.82, 2.24) is 5.32 Å². The Morgan fingerprint density at radius 3 is 2.67 bits per heavy atom. The molecule has 0 saturated heterocycles. The van der Waals surface area contributed by atoms with Gasteiger partial charge in [-0.2, -0.15) is 5.26 Å². The quantitative estimate of drug-likeness (QED) is 0.612. The lowest BCUT2D eigenvalue weighted by atomic mass is 10.0. The van der Waals surface area contributed by atoms with Crippen LogP contribution in [0.1, 0.15) is 26.2 Å². The number of hydrogen-bond donors (Lipinski definition) is 1. The summed E-state index contributed by atoms with van der Waals surface area (Å²) in [6.45, 7) is 3.75. The van der Waals surface area contributed by atoms with Crippen LogP contribution in [0.15, 0.2) is 0 Å². The molecular formula is C11H20N2O2. The molecule has 0 spiro atoms. The first-order valence-electron chi connectivity index (χ1n) is 5.46. The summed E-state index contributed by atoms with van der Waals surface area (Å²) >= 11 is 0. The molecule has 1 aliphatic carbocycles. The topological polar surface area (TPSA) is 54.3 Å². The van der Waals surface area contributed by atoms with Gasteiger partial charge in [-0.05, 0) is 19.8 Å². The van der Waals surface area contributed by atoms with E-state index in [1.165, 1.54) is 12.8 Å². The van der Waals surface area contributed by atoms with Crippen molar-refractivity contribution in [3.63, 3.8) is 0 Å². The summed E-state index contributed by atoms with van der Waals surface area (Å²) in [7, 11) is 1.65. The number of methoxy groups -OCH3 is 1. The summed E-state index contributed by atoms with van der Waals surface area (Å²) in [5, 5.41) is 12.4. The van der Waals surface area contributed by atoms with Crippen LogP contribution in [0.25, 0.3) is 0 Å². The van der Waals surface area contributed by atoms with Crippen LogP contribution >= 0.6 is 0 Å². The third-order valence-electron chi connectivity index (χ3n) is 2.52. The third kappa shape index (κ3) is 5.12. The molecule has 1 saturated carbocycles. The maximum absolute atomic E-state index is 9.07. The van der Waals surface area contributed by atoms with Gasteiger partial charge in [-0.25, -0.2) is 0 Å². The molecule has 0 radical (unpaired) electrons. The molecule has 1 unspecified atom stereocenters. The van der Waals surface area contributed by atoms with Crippen molar-refractivity contribution in [1.29, 1.82) is 5.26 Å². The molecule has 1 fully saturated rings. The first-order valence-corrected chi connectivity index (χ1v) is 5.46. The van der Waals surface area contributed by atoms with Crippen molar-refractivity contribution < 1.29 is 9.47 Å². The predicted octanol–water partition coefficient (Wildman–Crippen LogP) is 1.07. The van der Waals surface area contributed by atoms with Crippen LogP contribution in [0.2, 0.25) is 0 Å². The molecule has 1 N–H and O–H groups in total. The van der Waals surface area contributed by atoms with Gasteiger partial charge in [-0.15, -0.1) is 0 Å². The van der Waals surface area contributed by atoms with Crippen molar-refractivity contribution in [2.24, 2.45) is 0 Å². The highest BCUT2D eigenvalue weighted by molar-refractivity contribution is 5.06. The van der Waals surface area contributed by atoms with Gasteiger partial charge in [0.05, 0.1) is 19.3 Å². The molecular weight excluding hydrogens is 192 g/mol. The zero-order valence-corrected chi connectivity index (χ0v) is 9.58. The first-order chi connectivity index (χ1) is 7.20. The minimum Gasteiger partial charge on any atom is -0.382 e. The zero-order chi connectivity index (χ0) is 11.1. The summed E-state index contributed by atoms with van der Waals surface area (Å²) in [5.41, 5.74) is -0.436. The predicted molar refractivity (Wildman–Crippen MR) is 57.5 cm³/mol. The van der Waals surface area contributed by atoms with Crippen LogP contribution < -0.4 is 5.32 Å². The SMILES string of the molecule is COCCOCCC(C)(C#N)NC1CC1. The Labute approximate surface area is 91.6 Å². The molecule has 0 aromatic carbocycles. The Morgan fingerprint density at radius 1 is 1.40 bits per heavy atom. The highest BCUT2D eigenvalue weighted by Crippen LogP contribution is 2.23. The Bertz CT molecular complexity index is 223. The van der Waals surface area contributed by atoms with Gasteiger partial charge in [0.2, 0.25) is 0 Å². The van der Waals surface area contributed by atoms with Crippen molar-refractivity contribution >= 4 is 0 Å². The van der Waals surface area contributed by atoms with E-state index >= 15 is 0 Å². The van der Waals surface area contributed by atoms with Crippen LogP contribution in [-0.2, 0) is 9.47 Å². The summed E-state index contributed by atoms with van der Waals surface area (Å²) < 4.78 is 10.2. The fraction of sp³-hybridized carbons (Fsp3) is 0.909. The van der Waals surface area contributed by atoms with E-state index in [-0.39, 0.29) is 0 Å². The van der Waals surface area contributed by atoms with Crippen molar-refractivity contribution in [3.05, 3.63) is 0 Å². The number of nitrogens with zero attached hydrogens (tertiary/aromatic N) is 1. The van der Waals surface area contributed by atoms with E-state index in [1.54, 1.807) is 7.11 Å². The maximum Gasteiger partial charge on any atom is 0.106 e. The van der Waals surface area contributed by atoms with Gasteiger partial charge < -0.3 is 9.47 Å². The van der Waals surface area contributed by atoms with Gasteiger partial charge in [0.15, 0.2) is 0 Å². The minimum atomic E-state index is -0.436. The molecule has 0 bridgehead atoms. The molecule has 4 nitrogen and oxygen atoms in total. The Kier molecular flexibility index (Phi) is 5.03. The maximum atomic E-state index is 9.07. The van der Waals surface area contributed by atoms with Gasteiger partial charge in [0.1, 0.15) is 5.54 Å². The van der Waals surface area contributed by atoms with Crippen molar-refractivity contribution in [2.75, 3.05) is 26.9 Å². The van der Waals surface area contributed by atoms with Crippen LogP contribution in [0.3, 0.4) is 0 Å². The van der Waals surface area contributed by atoms with Crippen LogP contribution in [0.5, 0.6) is 0 Å². The fourth-order valence-electron chi connectivity index (χ4n) is 1.36. The largest absolute Gasteiger partial charge is 0.382 e. The minimum absolute atomic E-state index is 0.436. The summed E-state index contributed by atoms with van der Waals surface area (Å²) in [6.07, 6.45) is 3.12. The Hall–Kier alpha value is -0.630. The lowest BCUT2D eigenvalue weighted by molar-refractivity contribution is 0.0629. The molecule has 0 aromatic rings. The standard InChI is InChI=1S/C11H20N2O2/c1-11(9-12,13-10-3-4-10)5-6-15-8-7-14-2/h10,13H,3-8H2,1-2H3. The number of hydrogen-bond acceptors (Lipinski definition) is 4. The van der Waals surface area contributed by atoms with Crippen LogP contribution in [0, 0.1) is 11.3 Å². The van der Waals surface area contributed by atoms with E-state index in [9.17, 15) is 0 Å². The summed E-state index contributed by atoms with van der Waals surface area (Å²) in [6, 6.07) is 2.87. The average Bonchev–Trinajstić information content (AvgIpc) is 3.01. The third-order valence-corrected chi connectivity index (χ3v) is 2.52. The molecule has 4 heteroatoms. The smallest absolute Gasteiger partial charge is 0.106 e. The molecule has 1 rings (SSSR count). The Morgan fingerprint density at radius 2 is 2.13 bits per heavy atom. The van der Waals surface area contributed by atoms with Crippen molar-refractivity contribution in [2.45, 2.75) is 37.8 Å². The second-order valence-electron chi connectivity index (χ2n) is 4.22. The van der Waals surface area contributed by atoms with E-state index in [0.717, 1.165) is 6.42 Å². The number of nitriles is 1. The summed E-state index contributed by atoms with van der Waals surface area (Å²) in [4.78, 5) is 0. The van der Waals surface area contributed by atoms with Gasteiger partial charge in [0.25, 0.3) is 0 Å². The molecule has 0 aliphatic heterocycles. The highest BCUT2D eigenvalue weighted by Gasteiger charge is 2.32. The van der Waals surface area contributed by atoms with Gasteiger partial charge in [0, 0.05) is 26.2 Å². The molecule has 1 aliphatic rings. The fourth-order valence-corrected chi connectivity index (χ4v) is 1.36. The molecule has 86 valence electrons. The first kappa shape index (κ1) is 12.4. The summed E-state index contributed by atoms with van der Waals surface area (Å²) in [5.74, 6) is 0. The van der Waals surface area contributed by atoms with Crippen LogP contribution in [0.4, 0.5) is 0 Å². The lowest BCUT2D eigenvalue weighted by Gasteiger charge is -2.22. The normalized spacial score (nSPS) is 19.5. The monoisotopic (exact) mass is 212 g/mol. The molecule has 15 heavy (non-hydrogen) atoms. The second kappa shape index (κ2) is 6.06. The van der Waals surface area contributed by atoms with E-state index in [4.69, 9.17) is 14.7 Å². The van der Waals surface area contributed by atoms with Gasteiger partial charge in [-0.1, -0.05) is 0 Å². The second-order valence-corrected chi connectivity index (χ2v) is 4.22. The Balaban J connectivity index is 2.12. The van der Waals surface area contributed by atoms with E-state index < -0.39 is 5.54 Å². The van der Waals surface area contributed by atoms with Gasteiger partial charge in [-0.3, -0.25) is 5.32 Å². The number of ether oxygens (including phenoxy) is 2. The zero-order valence-electron chi connectivity index (χ0n) is 9.58. The molecule has 0 amide bonds. The average molecular weight is 212 g/mol. The number of nitrogens with one attached hydrogen (secondary N) is 1. The van der Waals surface area contributed by atoms with Crippen LogP contribution in [-0.4, -0.2) is 38.5 Å². The molecule has 1 atom stereocenters.